The molecule has 0 N–H and O–H groups in total. The molecule has 2 aromatic heterocycles. The smallest absolute Gasteiger partial charge is 0.224 e. The Kier molecular flexibility index (Phi) is 4.46. The highest BCUT2D eigenvalue weighted by Gasteiger charge is 2.24. The molecule has 0 atom stereocenters. The van der Waals surface area contributed by atoms with E-state index < -0.39 is 0 Å². The van der Waals surface area contributed by atoms with Crippen molar-refractivity contribution in [2.45, 2.75) is 38.6 Å². The van der Waals surface area contributed by atoms with Crippen molar-refractivity contribution in [3.8, 4) is 0 Å². The lowest BCUT2D eigenvalue weighted by Gasteiger charge is -2.31. The van der Waals surface area contributed by atoms with Crippen LogP contribution in [0.1, 0.15) is 36.6 Å². The zero-order valence-corrected chi connectivity index (χ0v) is 12.9. The monoisotopic (exact) mass is 299 g/mol. The lowest BCUT2D eigenvalue weighted by Crippen LogP contribution is -2.38. The first-order valence-electron chi connectivity index (χ1n) is 7.76. The van der Waals surface area contributed by atoms with Gasteiger partial charge in [-0.1, -0.05) is 0 Å². The van der Waals surface area contributed by atoms with Crippen LogP contribution in [0.4, 0.5) is 0 Å². The summed E-state index contributed by atoms with van der Waals surface area (Å²) in [5.41, 5.74) is 2.03. The van der Waals surface area contributed by atoms with Crippen molar-refractivity contribution in [3.05, 3.63) is 42.2 Å². The molecule has 3 heterocycles. The van der Waals surface area contributed by atoms with Crippen molar-refractivity contribution in [1.82, 2.24) is 24.6 Å². The summed E-state index contributed by atoms with van der Waals surface area (Å²) in [5, 5.41) is 4.31. The van der Waals surface area contributed by atoms with Gasteiger partial charge in [-0.25, -0.2) is 0 Å². The molecule has 2 aromatic rings. The van der Waals surface area contributed by atoms with Crippen molar-refractivity contribution in [2.75, 3.05) is 13.1 Å². The molecule has 0 spiro atoms. The quantitative estimate of drug-likeness (QED) is 0.863. The van der Waals surface area contributed by atoms with Gasteiger partial charge in [0.2, 0.25) is 5.91 Å². The zero-order valence-electron chi connectivity index (χ0n) is 12.9. The van der Waals surface area contributed by atoms with Crippen molar-refractivity contribution < 1.29 is 4.79 Å². The number of rotatable bonds is 4. The number of aromatic nitrogens is 4. The molecule has 0 radical (unpaired) electrons. The molecule has 1 amide bonds. The Balaban J connectivity index is 1.47. The lowest BCUT2D eigenvalue weighted by atomic mass is 9.93. The molecule has 1 aliphatic rings. The summed E-state index contributed by atoms with van der Waals surface area (Å²) in [4.78, 5) is 22.7. The third-order valence-corrected chi connectivity index (χ3v) is 4.18. The third kappa shape index (κ3) is 3.50. The van der Waals surface area contributed by atoms with Crippen LogP contribution in [-0.4, -0.2) is 43.6 Å². The van der Waals surface area contributed by atoms with Crippen LogP contribution < -0.4 is 0 Å². The second-order valence-electron chi connectivity index (χ2n) is 5.76. The van der Waals surface area contributed by atoms with Gasteiger partial charge in [-0.15, -0.1) is 0 Å². The molecule has 0 bridgehead atoms. The van der Waals surface area contributed by atoms with E-state index in [-0.39, 0.29) is 5.91 Å². The number of likely N-dealkylation sites (tertiary alicyclic amines) is 1. The number of carbonyl (C=O) groups excluding carboxylic acids is 1. The molecule has 1 saturated heterocycles. The minimum absolute atomic E-state index is 0.214. The van der Waals surface area contributed by atoms with E-state index in [1.54, 1.807) is 12.4 Å². The Bertz CT molecular complexity index is 616. The molecule has 116 valence electrons. The molecular weight excluding hydrogens is 278 g/mol. The third-order valence-electron chi connectivity index (χ3n) is 4.18. The Morgan fingerprint density at radius 2 is 2.14 bits per heavy atom. The largest absolute Gasteiger partial charge is 0.343 e. The van der Waals surface area contributed by atoms with Gasteiger partial charge in [0.1, 0.15) is 0 Å². The summed E-state index contributed by atoms with van der Waals surface area (Å²) in [6.45, 7) is 4.21. The summed E-state index contributed by atoms with van der Waals surface area (Å²) in [5.74, 6) is 0.636. The van der Waals surface area contributed by atoms with Gasteiger partial charge in [0, 0.05) is 56.8 Å². The van der Waals surface area contributed by atoms with Crippen LogP contribution in [0.25, 0.3) is 0 Å². The number of amides is 1. The average molecular weight is 299 g/mol. The summed E-state index contributed by atoms with van der Waals surface area (Å²) < 4.78 is 1.83. The Morgan fingerprint density at radius 1 is 1.32 bits per heavy atom. The maximum atomic E-state index is 12.3. The van der Waals surface area contributed by atoms with Crippen LogP contribution in [-0.2, 0) is 11.3 Å². The minimum atomic E-state index is 0.214. The van der Waals surface area contributed by atoms with E-state index in [9.17, 15) is 4.79 Å². The molecule has 0 saturated carbocycles. The van der Waals surface area contributed by atoms with Gasteiger partial charge in [-0.05, 0) is 25.8 Å². The van der Waals surface area contributed by atoms with Gasteiger partial charge >= 0.3 is 0 Å². The first kappa shape index (κ1) is 14.7. The van der Waals surface area contributed by atoms with Crippen molar-refractivity contribution in [1.29, 1.82) is 0 Å². The lowest BCUT2D eigenvalue weighted by molar-refractivity contribution is -0.132. The van der Waals surface area contributed by atoms with Gasteiger partial charge in [-0.2, -0.15) is 5.10 Å². The minimum Gasteiger partial charge on any atom is -0.343 e. The number of hydrogen-bond acceptors (Lipinski definition) is 4. The maximum absolute atomic E-state index is 12.3. The van der Waals surface area contributed by atoms with Crippen molar-refractivity contribution in [2.24, 2.45) is 0 Å². The van der Waals surface area contributed by atoms with Crippen LogP contribution in [0.5, 0.6) is 0 Å². The van der Waals surface area contributed by atoms with E-state index in [4.69, 9.17) is 0 Å². The second kappa shape index (κ2) is 6.68. The Hall–Kier alpha value is -2.24. The van der Waals surface area contributed by atoms with Crippen LogP contribution in [0.15, 0.2) is 30.9 Å². The van der Waals surface area contributed by atoms with Gasteiger partial charge in [-0.3, -0.25) is 19.4 Å². The molecular formula is C16H21N5O. The molecule has 6 heteroatoms. The van der Waals surface area contributed by atoms with E-state index in [0.717, 1.165) is 37.3 Å². The van der Waals surface area contributed by atoms with E-state index in [2.05, 4.69) is 15.1 Å². The number of nitrogens with zero attached hydrogens (tertiary/aromatic N) is 5. The van der Waals surface area contributed by atoms with Crippen LogP contribution in [0, 0.1) is 6.92 Å². The van der Waals surface area contributed by atoms with E-state index in [0.29, 0.717) is 18.9 Å². The standard InChI is InChI=1S/C16H21N5O/c1-13-2-10-21(19-13)11-5-16(22)20-8-3-14(4-9-20)15-12-17-6-7-18-15/h2,6-7,10,12,14H,3-5,8-9,11H2,1H3. The number of hydrogen-bond donors (Lipinski definition) is 0. The fourth-order valence-corrected chi connectivity index (χ4v) is 2.90. The average Bonchev–Trinajstić information content (AvgIpc) is 2.99. The summed E-state index contributed by atoms with van der Waals surface area (Å²) in [6, 6.07) is 1.96. The maximum Gasteiger partial charge on any atom is 0.224 e. The van der Waals surface area contributed by atoms with Gasteiger partial charge < -0.3 is 4.90 Å². The van der Waals surface area contributed by atoms with Gasteiger partial charge in [0.15, 0.2) is 0 Å². The Labute approximate surface area is 130 Å². The highest BCUT2D eigenvalue weighted by atomic mass is 16.2. The predicted octanol–water partition coefficient (Wildman–Crippen LogP) is 1.78. The van der Waals surface area contributed by atoms with Gasteiger partial charge in [0.25, 0.3) is 0 Å². The topological polar surface area (TPSA) is 63.9 Å². The molecule has 0 aliphatic carbocycles. The first-order chi connectivity index (χ1) is 10.7. The second-order valence-corrected chi connectivity index (χ2v) is 5.76. The Morgan fingerprint density at radius 3 is 2.77 bits per heavy atom. The molecule has 22 heavy (non-hydrogen) atoms. The van der Waals surface area contributed by atoms with Crippen molar-refractivity contribution >= 4 is 5.91 Å². The zero-order chi connectivity index (χ0) is 15.4. The number of piperidine rings is 1. The summed E-state index contributed by atoms with van der Waals surface area (Å²) in [6.07, 6.45) is 9.62. The normalized spacial score (nSPS) is 16.0. The van der Waals surface area contributed by atoms with Crippen molar-refractivity contribution in [3.63, 3.8) is 0 Å². The fraction of sp³-hybridized carbons (Fsp3) is 0.500. The summed E-state index contributed by atoms with van der Waals surface area (Å²) >= 11 is 0. The molecule has 6 nitrogen and oxygen atoms in total. The molecule has 0 aromatic carbocycles. The molecule has 1 fully saturated rings. The van der Waals surface area contributed by atoms with E-state index in [1.165, 1.54) is 0 Å². The molecule has 3 rings (SSSR count). The number of aryl methyl sites for hydroxylation is 2. The number of carbonyl (C=O) groups is 1. The van der Waals surface area contributed by atoms with Crippen LogP contribution in [0.2, 0.25) is 0 Å². The van der Waals surface area contributed by atoms with Crippen LogP contribution >= 0.6 is 0 Å². The molecule has 0 unspecified atom stereocenters. The predicted molar refractivity (Wildman–Crippen MR) is 82.2 cm³/mol. The highest BCUT2D eigenvalue weighted by molar-refractivity contribution is 5.76. The van der Waals surface area contributed by atoms with E-state index >= 15 is 0 Å². The molecule has 1 aliphatic heterocycles. The van der Waals surface area contributed by atoms with Crippen LogP contribution in [0.3, 0.4) is 0 Å². The van der Waals surface area contributed by atoms with E-state index in [1.807, 2.05) is 35.0 Å². The summed E-state index contributed by atoms with van der Waals surface area (Å²) in [7, 11) is 0. The fourth-order valence-electron chi connectivity index (χ4n) is 2.90. The SMILES string of the molecule is Cc1ccn(CCC(=O)N2CCC(c3cnccn3)CC2)n1. The highest BCUT2D eigenvalue weighted by Crippen LogP contribution is 2.26. The first-order valence-corrected chi connectivity index (χ1v) is 7.76. The van der Waals surface area contributed by atoms with Gasteiger partial charge in [0.05, 0.1) is 11.4 Å².